The predicted octanol–water partition coefficient (Wildman–Crippen LogP) is 3.71. The maximum atomic E-state index is 13.4. The minimum absolute atomic E-state index is 0.00514. The van der Waals surface area contributed by atoms with Crippen LogP contribution in [0.1, 0.15) is 62.2 Å². The van der Waals surface area contributed by atoms with Crippen molar-refractivity contribution in [3.63, 3.8) is 0 Å². The van der Waals surface area contributed by atoms with E-state index in [2.05, 4.69) is 18.7 Å². The van der Waals surface area contributed by atoms with Crippen LogP contribution in [-0.4, -0.2) is 51.4 Å². The molecule has 1 aliphatic rings. The molecule has 160 valence electrons. The molecule has 0 N–H and O–H groups in total. The van der Waals surface area contributed by atoms with Crippen LogP contribution < -0.4 is 5.56 Å². The largest absolute Gasteiger partial charge is 0.341 e. The van der Waals surface area contributed by atoms with Crippen molar-refractivity contribution in [1.29, 1.82) is 0 Å². The molecule has 0 saturated heterocycles. The summed E-state index contributed by atoms with van der Waals surface area (Å²) in [5, 5.41) is 0.670. The smallest absolute Gasteiger partial charge is 0.263 e. The summed E-state index contributed by atoms with van der Waals surface area (Å²) in [6.07, 6.45) is 5.73. The molecule has 0 aromatic carbocycles. The zero-order chi connectivity index (χ0) is 21.1. The summed E-state index contributed by atoms with van der Waals surface area (Å²) < 4.78 is 1.63. The number of aryl methyl sites for hydroxylation is 2. The van der Waals surface area contributed by atoms with E-state index in [1.807, 2.05) is 25.8 Å². The van der Waals surface area contributed by atoms with Gasteiger partial charge in [0.05, 0.1) is 11.9 Å². The summed E-state index contributed by atoms with van der Waals surface area (Å²) in [6, 6.07) is 0.292. The van der Waals surface area contributed by atoms with E-state index in [1.54, 1.807) is 15.9 Å². The Morgan fingerprint density at radius 1 is 1.17 bits per heavy atom. The summed E-state index contributed by atoms with van der Waals surface area (Å²) in [5.41, 5.74) is 0.906. The van der Waals surface area contributed by atoms with Gasteiger partial charge in [-0.2, -0.15) is 0 Å². The molecule has 1 aliphatic carbocycles. The number of hydrogen-bond donors (Lipinski definition) is 0. The van der Waals surface area contributed by atoms with Crippen molar-refractivity contribution in [1.82, 2.24) is 19.4 Å². The topological polar surface area (TPSA) is 58.4 Å². The summed E-state index contributed by atoms with van der Waals surface area (Å²) in [4.78, 5) is 37.4. The van der Waals surface area contributed by atoms with Gasteiger partial charge in [0.2, 0.25) is 5.91 Å². The third-order valence-electron chi connectivity index (χ3n) is 6.44. The number of thiophene rings is 1. The maximum absolute atomic E-state index is 13.4. The molecule has 1 amide bonds. The van der Waals surface area contributed by atoms with E-state index in [0.717, 1.165) is 41.2 Å². The van der Waals surface area contributed by atoms with Crippen LogP contribution in [-0.2, 0) is 17.9 Å². The highest BCUT2D eigenvalue weighted by Gasteiger charge is 2.25. The molecule has 29 heavy (non-hydrogen) atoms. The third-order valence-corrected chi connectivity index (χ3v) is 7.54. The number of nitrogens with zero attached hydrogens (tertiary/aromatic N) is 4. The van der Waals surface area contributed by atoms with Crippen molar-refractivity contribution in [2.24, 2.45) is 0 Å². The normalized spacial score (nSPS) is 15.4. The van der Waals surface area contributed by atoms with Crippen molar-refractivity contribution < 1.29 is 4.79 Å². The van der Waals surface area contributed by atoms with Gasteiger partial charge in [-0.3, -0.25) is 19.1 Å². The molecule has 0 spiro atoms. The number of aromatic nitrogens is 2. The minimum Gasteiger partial charge on any atom is -0.341 e. The van der Waals surface area contributed by atoms with E-state index >= 15 is 0 Å². The second-order valence-electron chi connectivity index (χ2n) is 8.14. The zero-order valence-corrected chi connectivity index (χ0v) is 19.3. The lowest BCUT2D eigenvalue weighted by Crippen LogP contribution is -2.42. The first-order valence-electron chi connectivity index (χ1n) is 10.8. The Balaban J connectivity index is 1.99. The minimum atomic E-state index is -0.0793. The van der Waals surface area contributed by atoms with Gasteiger partial charge in [0, 0.05) is 18.0 Å². The molecule has 0 atom stereocenters. The maximum Gasteiger partial charge on any atom is 0.263 e. The quantitative estimate of drug-likeness (QED) is 0.688. The fourth-order valence-electron chi connectivity index (χ4n) is 4.22. The standard InChI is InChI=1S/C22H34N4O2S/c1-6-25(7-2)13-18-23-21-20(15(3)16(4)29-21)22(28)26(18)14-19(27)24(5)17-11-9-8-10-12-17/h17H,6-14H2,1-5H3. The van der Waals surface area contributed by atoms with Crippen LogP contribution in [0.4, 0.5) is 0 Å². The van der Waals surface area contributed by atoms with Gasteiger partial charge in [-0.15, -0.1) is 11.3 Å². The summed E-state index contributed by atoms with van der Waals surface area (Å²) in [7, 11) is 1.89. The first-order chi connectivity index (χ1) is 13.9. The first-order valence-corrected chi connectivity index (χ1v) is 11.7. The SMILES string of the molecule is CCN(CC)Cc1nc2sc(C)c(C)c2c(=O)n1CC(=O)N(C)C1CCCCC1. The Bertz CT molecular complexity index is 923. The number of fused-ring (bicyclic) bond motifs is 1. The van der Waals surface area contributed by atoms with Gasteiger partial charge in [-0.25, -0.2) is 4.98 Å². The Labute approximate surface area is 177 Å². The zero-order valence-electron chi connectivity index (χ0n) is 18.5. The average Bonchev–Trinajstić information content (AvgIpc) is 3.02. The summed E-state index contributed by atoms with van der Waals surface area (Å²) in [5.74, 6) is 0.698. The first kappa shape index (κ1) is 22.0. The average molecular weight is 419 g/mol. The lowest BCUT2D eigenvalue weighted by molar-refractivity contribution is -0.133. The highest BCUT2D eigenvalue weighted by molar-refractivity contribution is 7.18. The molecule has 7 heteroatoms. The molecule has 0 unspecified atom stereocenters. The molecule has 3 rings (SSSR count). The molecule has 0 aliphatic heterocycles. The summed E-state index contributed by atoms with van der Waals surface area (Å²) >= 11 is 1.57. The summed E-state index contributed by atoms with van der Waals surface area (Å²) in [6.45, 7) is 10.6. The molecule has 6 nitrogen and oxygen atoms in total. The van der Waals surface area contributed by atoms with Crippen molar-refractivity contribution >= 4 is 27.5 Å². The molecule has 0 radical (unpaired) electrons. The Kier molecular flexibility index (Phi) is 7.11. The van der Waals surface area contributed by atoms with Crippen LogP contribution in [0.3, 0.4) is 0 Å². The predicted molar refractivity (Wildman–Crippen MR) is 120 cm³/mol. The van der Waals surface area contributed by atoms with Gasteiger partial charge in [0.25, 0.3) is 5.56 Å². The van der Waals surface area contributed by atoms with Gasteiger partial charge >= 0.3 is 0 Å². The van der Waals surface area contributed by atoms with E-state index in [-0.39, 0.29) is 18.0 Å². The van der Waals surface area contributed by atoms with E-state index < -0.39 is 0 Å². The Morgan fingerprint density at radius 2 is 1.83 bits per heavy atom. The van der Waals surface area contributed by atoms with E-state index in [0.29, 0.717) is 23.8 Å². The fraction of sp³-hybridized carbons (Fsp3) is 0.682. The lowest BCUT2D eigenvalue weighted by atomic mass is 9.94. The van der Waals surface area contributed by atoms with E-state index in [1.165, 1.54) is 19.3 Å². The third kappa shape index (κ3) is 4.56. The fourth-order valence-corrected chi connectivity index (χ4v) is 5.26. The molecule has 0 bridgehead atoms. The lowest BCUT2D eigenvalue weighted by Gasteiger charge is -2.31. The number of carbonyl (C=O) groups excluding carboxylic acids is 1. The van der Waals surface area contributed by atoms with Crippen LogP contribution in [0.5, 0.6) is 0 Å². The van der Waals surface area contributed by atoms with Gasteiger partial charge in [0.15, 0.2) is 0 Å². The van der Waals surface area contributed by atoms with Gasteiger partial charge in [-0.05, 0) is 45.3 Å². The van der Waals surface area contributed by atoms with Gasteiger partial charge in [-0.1, -0.05) is 33.1 Å². The molecule has 1 saturated carbocycles. The monoisotopic (exact) mass is 418 g/mol. The molecule has 2 aromatic heterocycles. The van der Waals surface area contributed by atoms with Crippen LogP contribution in [0.15, 0.2) is 4.79 Å². The van der Waals surface area contributed by atoms with E-state index in [9.17, 15) is 9.59 Å². The van der Waals surface area contributed by atoms with Crippen molar-refractivity contribution in [2.75, 3.05) is 20.1 Å². The molecule has 2 aromatic rings. The van der Waals surface area contributed by atoms with Crippen LogP contribution in [0.2, 0.25) is 0 Å². The van der Waals surface area contributed by atoms with Crippen molar-refractivity contribution in [3.8, 4) is 0 Å². The van der Waals surface area contributed by atoms with Crippen molar-refractivity contribution in [2.45, 2.75) is 78.9 Å². The highest BCUT2D eigenvalue weighted by atomic mass is 32.1. The van der Waals surface area contributed by atoms with Crippen LogP contribution in [0.25, 0.3) is 10.2 Å². The van der Waals surface area contributed by atoms with Gasteiger partial charge in [0.1, 0.15) is 17.2 Å². The second kappa shape index (κ2) is 9.39. The van der Waals surface area contributed by atoms with Crippen molar-refractivity contribution in [3.05, 3.63) is 26.6 Å². The molecule has 2 heterocycles. The molecular weight excluding hydrogens is 384 g/mol. The number of amides is 1. The van der Waals surface area contributed by atoms with Crippen LogP contribution >= 0.6 is 11.3 Å². The Hall–Kier alpha value is -1.73. The number of carbonyl (C=O) groups is 1. The molecule has 1 fully saturated rings. The Morgan fingerprint density at radius 3 is 2.45 bits per heavy atom. The number of hydrogen-bond acceptors (Lipinski definition) is 5. The van der Waals surface area contributed by atoms with Gasteiger partial charge < -0.3 is 4.90 Å². The molecular formula is C22H34N4O2S. The number of likely N-dealkylation sites (N-methyl/N-ethyl adjacent to an activating group) is 1. The van der Waals surface area contributed by atoms with E-state index in [4.69, 9.17) is 4.98 Å². The highest BCUT2D eigenvalue weighted by Crippen LogP contribution is 2.27. The second-order valence-corrected chi connectivity index (χ2v) is 9.34. The van der Waals surface area contributed by atoms with Crippen LogP contribution in [0, 0.1) is 13.8 Å². The number of rotatable bonds is 7.